The first-order valence-electron chi connectivity index (χ1n) is 4.81. The molecule has 1 aromatic carbocycles. The molecule has 0 spiro atoms. The Balaban J connectivity index is 2.76. The first-order valence-corrected chi connectivity index (χ1v) is 6.36. The molecule has 0 heterocycles. The Bertz CT molecular complexity index is 501. The van der Waals surface area contributed by atoms with Crippen molar-refractivity contribution in [1.29, 1.82) is 0 Å². The molecule has 0 aliphatic carbocycles. The van der Waals surface area contributed by atoms with Gasteiger partial charge in [-0.05, 0) is 18.2 Å². The van der Waals surface area contributed by atoms with Gasteiger partial charge in [0.2, 0.25) is 5.91 Å². The van der Waals surface area contributed by atoms with Crippen LogP contribution in [0.25, 0.3) is 0 Å². The summed E-state index contributed by atoms with van der Waals surface area (Å²) in [5, 5.41) is 7.40. The zero-order valence-electron chi connectivity index (χ0n) is 9.01. The van der Waals surface area contributed by atoms with E-state index in [1.165, 1.54) is 12.1 Å². The van der Waals surface area contributed by atoms with Gasteiger partial charge in [0.15, 0.2) is 0 Å². The van der Waals surface area contributed by atoms with Crippen molar-refractivity contribution in [2.45, 2.75) is 6.42 Å². The molecule has 0 aliphatic heterocycles. The molecule has 94 valence electrons. The summed E-state index contributed by atoms with van der Waals surface area (Å²) in [6.45, 7) is 0.251. The number of rotatable bonds is 5. The van der Waals surface area contributed by atoms with E-state index in [1.54, 1.807) is 12.1 Å². The SMILES string of the molecule is NCCC(=O)Nc1cccc(NS(N)(=O)=O)c1. The predicted molar refractivity (Wildman–Crippen MR) is 65.5 cm³/mol. The number of nitrogens with two attached hydrogens (primary N) is 2. The number of hydrogen-bond acceptors (Lipinski definition) is 4. The summed E-state index contributed by atoms with van der Waals surface area (Å²) >= 11 is 0. The van der Waals surface area contributed by atoms with Gasteiger partial charge in [0, 0.05) is 18.7 Å². The lowest BCUT2D eigenvalue weighted by Crippen LogP contribution is -2.22. The number of benzene rings is 1. The molecule has 0 bridgehead atoms. The fourth-order valence-electron chi connectivity index (χ4n) is 1.18. The lowest BCUT2D eigenvalue weighted by atomic mass is 10.2. The Morgan fingerprint density at radius 3 is 2.53 bits per heavy atom. The summed E-state index contributed by atoms with van der Waals surface area (Å²) in [6.07, 6.45) is 0.201. The quantitative estimate of drug-likeness (QED) is 0.572. The molecule has 0 radical (unpaired) electrons. The standard InChI is InChI=1S/C9H14N4O3S/c10-5-4-9(14)12-7-2-1-3-8(6-7)13-17(11,15)16/h1-3,6,13H,4-5,10H2,(H,12,14)(H2,11,15,16). The molecule has 0 atom stereocenters. The van der Waals surface area contributed by atoms with Crippen LogP contribution in [0.5, 0.6) is 0 Å². The van der Waals surface area contributed by atoms with E-state index >= 15 is 0 Å². The van der Waals surface area contributed by atoms with E-state index < -0.39 is 10.2 Å². The van der Waals surface area contributed by atoms with E-state index in [-0.39, 0.29) is 24.6 Å². The van der Waals surface area contributed by atoms with Crippen LogP contribution in [0.15, 0.2) is 24.3 Å². The van der Waals surface area contributed by atoms with E-state index in [0.717, 1.165) is 0 Å². The monoisotopic (exact) mass is 258 g/mol. The van der Waals surface area contributed by atoms with Crippen molar-refractivity contribution >= 4 is 27.5 Å². The van der Waals surface area contributed by atoms with Gasteiger partial charge in [-0.3, -0.25) is 9.52 Å². The van der Waals surface area contributed by atoms with Gasteiger partial charge in [-0.1, -0.05) is 6.07 Å². The van der Waals surface area contributed by atoms with Gasteiger partial charge in [-0.15, -0.1) is 0 Å². The normalized spacial score (nSPS) is 10.9. The fourth-order valence-corrected chi connectivity index (χ4v) is 1.63. The average molecular weight is 258 g/mol. The Morgan fingerprint density at radius 1 is 1.29 bits per heavy atom. The molecule has 6 N–H and O–H groups in total. The second-order valence-corrected chi connectivity index (χ2v) is 4.61. The van der Waals surface area contributed by atoms with Gasteiger partial charge in [-0.2, -0.15) is 8.42 Å². The molecule has 0 saturated carbocycles. The number of carbonyl (C=O) groups is 1. The maximum atomic E-state index is 11.3. The van der Waals surface area contributed by atoms with Crippen molar-refractivity contribution in [3.63, 3.8) is 0 Å². The van der Waals surface area contributed by atoms with Crippen molar-refractivity contribution in [3.05, 3.63) is 24.3 Å². The number of amides is 1. The van der Waals surface area contributed by atoms with Gasteiger partial charge in [0.1, 0.15) is 0 Å². The smallest absolute Gasteiger partial charge is 0.296 e. The third kappa shape index (κ3) is 5.29. The van der Waals surface area contributed by atoms with Crippen molar-refractivity contribution in [2.24, 2.45) is 10.9 Å². The molecule has 1 aromatic rings. The molecule has 0 fully saturated rings. The van der Waals surface area contributed by atoms with Gasteiger partial charge in [0.25, 0.3) is 10.2 Å². The molecule has 17 heavy (non-hydrogen) atoms. The van der Waals surface area contributed by atoms with Gasteiger partial charge < -0.3 is 11.1 Å². The molecule has 7 nitrogen and oxygen atoms in total. The van der Waals surface area contributed by atoms with E-state index in [1.807, 2.05) is 0 Å². The van der Waals surface area contributed by atoms with Crippen LogP contribution in [-0.4, -0.2) is 20.9 Å². The van der Waals surface area contributed by atoms with E-state index in [2.05, 4.69) is 10.0 Å². The highest BCUT2D eigenvalue weighted by Gasteiger charge is 2.04. The lowest BCUT2D eigenvalue weighted by molar-refractivity contribution is -0.116. The van der Waals surface area contributed by atoms with Crippen LogP contribution >= 0.6 is 0 Å². The van der Waals surface area contributed by atoms with Crippen molar-refractivity contribution in [2.75, 3.05) is 16.6 Å². The summed E-state index contributed by atoms with van der Waals surface area (Å²) in [7, 11) is -3.82. The number of nitrogens with one attached hydrogen (secondary N) is 2. The summed E-state index contributed by atoms with van der Waals surface area (Å²) in [4.78, 5) is 11.3. The van der Waals surface area contributed by atoms with Crippen LogP contribution in [0.3, 0.4) is 0 Å². The third-order valence-electron chi connectivity index (χ3n) is 1.78. The van der Waals surface area contributed by atoms with Gasteiger partial charge in [-0.25, -0.2) is 5.14 Å². The Kier molecular flexibility index (Phi) is 4.44. The Labute approximate surface area is 99.4 Å². The van der Waals surface area contributed by atoms with Gasteiger partial charge >= 0.3 is 0 Å². The van der Waals surface area contributed by atoms with Crippen LogP contribution in [0.2, 0.25) is 0 Å². The third-order valence-corrected chi connectivity index (χ3v) is 2.30. The Morgan fingerprint density at radius 2 is 1.94 bits per heavy atom. The van der Waals surface area contributed by atoms with Crippen LogP contribution in [0.4, 0.5) is 11.4 Å². The zero-order valence-corrected chi connectivity index (χ0v) is 9.83. The van der Waals surface area contributed by atoms with Crippen molar-refractivity contribution < 1.29 is 13.2 Å². The highest BCUT2D eigenvalue weighted by molar-refractivity contribution is 7.90. The number of hydrogen-bond donors (Lipinski definition) is 4. The van der Waals surface area contributed by atoms with Crippen LogP contribution in [-0.2, 0) is 15.0 Å². The average Bonchev–Trinajstić information content (AvgIpc) is 2.15. The zero-order chi connectivity index (χ0) is 12.9. The highest BCUT2D eigenvalue weighted by Crippen LogP contribution is 2.15. The molecular weight excluding hydrogens is 244 g/mol. The molecule has 1 amide bonds. The molecule has 1 rings (SSSR count). The Hall–Kier alpha value is -1.64. The second-order valence-electron chi connectivity index (χ2n) is 3.31. The minimum Gasteiger partial charge on any atom is -0.330 e. The topological polar surface area (TPSA) is 127 Å². The number of carbonyl (C=O) groups excluding carboxylic acids is 1. The summed E-state index contributed by atoms with van der Waals surface area (Å²) in [5.74, 6) is -0.236. The van der Waals surface area contributed by atoms with E-state index in [9.17, 15) is 13.2 Å². The molecule has 0 saturated heterocycles. The maximum Gasteiger partial charge on any atom is 0.296 e. The summed E-state index contributed by atoms with van der Waals surface area (Å²) in [5.41, 5.74) is 5.97. The molecule has 0 aromatic heterocycles. The van der Waals surface area contributed by atoms with Crippen LogP contribution < -0.4 is 20.9 Å². The van der Waals surface area contributed by atoms with Crippen molar-refractivity contribution in [3.8, 4) is 0 Å². The highest BCUT2D eigenvalue weighted by atomic mass is 32.2. The van der Waals surface area contributed by atoms with E-state index in [4.69, 9.17) is 10.9 Å². The van der Waals surface area contributed by atoms with E-state index in [0.29, 0.717) is 5.69 Å². The summed E-state index contributed by atoms with van der Waals surface area (Å²) in [6, 6.07) is 6.19. The van der Waals surface area contributed by atoms with Crippen LogP contribution in [0.1, 0.15) is 6.42 Å². The van der Waals surface area contributed by atoms with Gasteiger partial charge in [0.05, 0.1) is 5.69 Å². The van der Waals surface area contributed by atoms with Crippen molar-refractivity contribution in [1.82, 2.24) is 0 Å². The minimum atomic E-state index is -3.82. The molecular formula is C9H14N4O3S. The first kappa shape index (κ1) is 13.4. The van der Waals surface area contributed by atoms with Crippen LogP contribution in [0, 0.1) is 0 Å². The minimum absolute atomic E-state index is 0.201. The lowest BCUT2D eigenvalue weighted by Gasteiger charge is -2.07. The fraction of sp³-hybridized carbons (Fsp3) is 0.222. The largest absolute Gasteiger partial charge is 0.330 e. The molecule has 0 unspecified atom stereocenters. The number of anilines is 2. The second kappa shape index (κ2) is 5.62. The first-order chi connectivity index (χ1) is 7.90. The summed E-state index contributed by atoms with van der Waals surface area (Å²) < 4.78 is 23.7. The predicted octanol–water partition coefficient (Wildman–Crippen LogP) is -0.411. The maximum absolute atomic E-state index is 11.3. The molecule has 8 heteroatoms. The molecule has 0 aliphatic rings.